The smallest absolute Gasteiger partial charge is 0.222 e. The van der Waals surface area contributed by atoms with Crippen molar-refractivity contribution in [2.24, 2.45) is 5.41 Å². The summed E-state index contributed by atoms with van der Waals surface area (Å²) in [6, 6.07) is 0. The molecule has 3 saturated heterocycles. The Morgan fingerprint density at radius 1 is 1.31 bits per heavy atom. The van der Waals surface area contributed by atoms with E-state index in [-0.39, 0.29) is 6.10 Å². The Morgan fingerprint density at radius 3 is 2.88 bits per heavy atom. The number of carbonyl (C=O) groups is 1. The second-order valence-corrected chi connectivity index (χ2v) is 8.22. The van der Waals surface area contributed by atoms with E-state index in [0.29, 0.717) is 17.7 Å². The minimum atomic E-state index is 0.259. The number of hydrogen-bond acceptors (Lipinski definition) is 5. The Morgan fingerprint density at radius 2 is 2.15 bits per heavy atom. The van der Waals surface area contributed by atoms with Gasteiger partial charge in [0.2, 0.25) is 5.91 Å². The van der Waals surface area contributed by atoms with Crippen LogP contribution < -0.4 is 0 Å². The van der Waals surface area contributed by atoms with Crippen molar-refractivity contribution in [3.63, 3.8) is 0 Å². The molecule has 7 nitrogen and oxygen atoms in total. The van der Waals surface area contributed by atoms with Crippen molar-refractivity contribution < 1.29 is 9.53 Å². The molecular weight excluding hydrogens is 330 g/mol. The summed E-state index contributed by atoms with van der Waals surface area (Å²) in [6.07, 6.45) is 8.40. The Bertz CT molecular complexity index is 617. The van der Waals surface area contributed by atoms with Gasteiger partial charge in [-0.25, -0.2) is 0 Å². The van der Waals surface area contributed by atoms with Crippen LogP contribution in [0, 0.1) is 5.41 Å². The molecule has 0 N–H and O–H groups in total. The first-order chi connectivity index (χ1) is 12.7. The fourth-order valence-corrected chi connectivity index (χ4v) is 4.76. The normalized spacial score (nSPS) is 26.7. The van der Waals surface area contributed by atoms with Gasteiger partial charge >= 0.3 is 0 Å². The van der Waals surface area contributed by atoms with Crippen molar-refractivity contribution in [1.82, 2.24) is 24.6 Å². The highest BCUT2D eigenvalue weighted by molar-refractivity contribution is 5.77. The maximum absolute atomic E-state index is 12.4. The summed E-state index contributed by atoms with van der Waals surface area (Å²) in [4.78, 5) is 17.0. The van der Waals surface area contributed by atoms with Gasteiger partial charge in [-0.3, -0.25) is 9.69 Å². The monoisotopic (exact) mass is 361 g/mol. The van der Waals surface area contributed by atoms with Gasteiger partial charge in [-0.05, 0) is 57.5 Å². The molecule has 0 aliphatic carbocycles. The minimum absolute atomic E-state index is 0.259. The molecule has 1 atom stereocenters. The van der Waals surface area contributed by atoms with Gasteiger partial charge in [-0.1, -0.05) is 0 Å². The first-order valence-corrected chi connectivity index (χ1v) is 10.2. The Hall–Kier alpha value is -1.47. The van der Waals surface area contributed by atoms with Gasteiger partial charge in [-0.2, -0.15) is 0 Å². The first-order valence-electron chi connectivity index (χ1n) is 10.2. The van der Waals surface area contributed by atoms with E-state index in [9.17, 15) is 4.79 Å². The number of ether oxygens (including phenoxy) is 1. The molecule has 0 aromatic carbocycles. The van der Waals surface area contributed by atoms with E-state index >= 15 is 0 Å². The van der Waals surface area contributed by atoms with Crippen LogP contribution in [0.15, 0.2) is 6.33 Å². The molecule has 144 valence electrons. The summed E-state index contributed by atoms with van der Waals surface area (Å²) in [7, 11) is 0. The predicted molar refractivity (Wildman–Crippen MR) is 97.4 cm³/mol. The van der Waals surface area contributed by atoms with Crippen LogP contribution in [0.3, 0.4) is 0 Å². The van der Waals surface area contributed by atoms with Crippen LogP contribution >= 0.6 is 0 Å². The molecule has 1 spiro atoms. The summed E-state index contributed by atoms with van der Waals surface area (Å²) >= 11 is 0. The molecular formula is C19H31N5O2. The van der Waals surface area contributed by atoms with Gasteiger partial charge in [0.25, 0.3) is 0 Å². The molecule has 26 heavy (non-hydrogen) atoms. The van der Waals surface area contributed by atoms with Crippen LogP contribution in [0.4, 0.5) is 0 Å². The number of carbonyl (C=O) groups excluding carboxylic acids is 1. The highest BCUT2D eigenvalue weighted by Crippen LogP contribution is 2.40. The van der Waals surface area contributed by atoms with E-state index in [2.05, 4.69) is 31.5 Å². The Kier molecular flexibility index (Phi) is 5.27. The maximum atomic E-state index is 12.4. The zero-order chi connectivity index (χ0) is 18.0. The summed E-state index contributed by atoms with van der Waals surface area (Å²) in [5, 5.41) is 8.31. The number of rotatable bonds is 5. The Balaban J connectivity index is 1.33. The summed E-state index contributed by atoms with van der Waals surface area (Å²) in [6.45, 7) is 8.66. The van der Waals surface area contributed by atoms with E-state index in [1.165, 1.54) is 12.8 Å². The lowest BCUT2D eigenvalue weighted by Crippen LogP contribution is -2.52. The molecule has 3 aliphatic rings. The van der Waals surface area contributed by atoms with Crippen molar-refractivity contribution in [3.8, 4) is 0 Å². The van der Waals surface area contributed by atoms with Crippen molar-refractivity contribution in [2.45, 2.75) is 64.6 Å². The van der Waals surface area contributed by atoms with Crippen LogP contribution in [-0.2, 0) is 22.6 Å². The molecule has 0 saturated carbocycles. The topological polar surface area (TPSA) is 63.5 Å². The van der Waals surface area contributed by atoms with E-state index < -0.39 is 0 Å². The number of likely N-dealkylation sites (tertiary alicyclic amines) is 2. The second kappa shape index (κ2) is 7.64. The molecule has 0 unspecified atom stereocenters. The first kappa shape index (κ1) is 17.9. The molecule has 1 amide bonds. The van der Waals surface area contributed by atoms with E-state index in [1.54, 1.807) is 0 Å². The lowest BCUT2D eigenvalue weighted by Gasteiger charge is -2.47. The van der Waals surface area contributed by atoms with Crippen LogP contribution in [0.2, 0.25) is 0 Å². The molecule has 1 aromatic heterocycles. The largest absolute Gasteiger partial charge is 0.376 e. The van der Waals surface area contributed by atoms with Crippen molar-refractivity contribution in [1.29, 1.82) is 0 Å². The average Bonchev–Trinajstić information content (AvgIpc) is 3.32. The predicted octanol–water partition coefficient (Wildman–Crippen LogP) is 1.68. The van der Waals surface area contributed by atoms with Gasteiger partial charge in [-0.15, -0.1) is 10.2 Å². The third-order valence-electron chi connectivity index (χ3n) is 6.51. The fraction of sp³-hybridized carbons (Fsp3) is 0.842. The van der Waals surface area contributed by atoms with Crippen LogP contribution in [-0.4, -0.2) is 69.4 Å². The second-order valence-electron chi connectivity index (χ2n) is 8.22. The molecule has 3 fully saturated rings. The Labute approximate surface area is 155 Å². The van der Waals surface area contributed by atoms with Gasteiger partial charge in [0, 0.05) is 32.7 Å². The SMILES string of the molecule is CCn1cnnc1CN1CCC2(CCC(=O)N(C[C@@H]3CCCO3)C2)CC1. The lowest BCUT2D eigenvalue weighted by molar-refractivity contribution is -0.141. The summed E-state index contributed by atoms with van der Waals surface area (Å²) < 4.78 is 7.88. The minimum Gasteiger partial charge on any atom is -0.376 e. The fourth-order valence-electron chi connectivity index (χ4n) is 4.76. The standard InChI is InChI=1S/C19H31N5O2/c1-2-23-15-20-21-17(23)13-22-9-7-19(8-10-22)6-5-18(25)24(14-19)12-16-4-3-11-26-16/h15-16H,2-14H2,1H3/t16-/m0/s1. The van der Waals surface area contributed by atoms with E-state index in [0.717, 1.165) is 71.0 Å². The van der Waals surface area contributed by atoms with Crippen molar-refractivity contribution >= 4 is 5.91 Å². The average molecular weight is 361 g/mol. The molecule has 4 rings (SSSR count). The van der Waals surface area contributed by atoms with Crippen molar-refractivity contribution in [2.75, 3.05) is 32.8 Å². The third kappa shape index (κ3) is 3.78. The molecule has 0 bridgehead atoms. The maximum Gasteiger partial charge on any atom is 0.222 e. The molecule has 1 aromatic rings. The molecule has 3 aliphatic heterocycles. The van der Waals surface area contributed by atoms with E-state index in [1.807, 2.05) is 6.33 Å². The number of amides is 1. The summed E-state index contributed by atoms with van der Waals surface area (Å²) in [5.41, 5.74) is 0.307. The summed E-state index contributed by atoms with van der Waals surface area (Å²) in [5.74, 6) is 1.38. The number of hydrogen-bond donors (Lipinski definition) is 0. The van der Waals surface area contributed by atoms with Gasteiger partial charge < -0.3 is 14.2 Å². The number of piperidine rings is 2. The van der Waals surface area contributed by atoms with Gasteiger partial charge in [0.05, 0.1) is 12.6 Å². The highest BCUT2D eigenvalue weighted by Gasteiger charge is 2.41. The number of aryl methyl sites for hydroxylation is 1. The zero-order valence-corrected chi connectivity index (χ0v) is 15.9. The zero-order valence-electron chi connectivity index (χ0n) is 15.9. The van der Waals surface area contributed by atoms with Gasteiger partial charge in [0.1, 0.15) is 12.2 Å². The third-order valence-corrected chi connectivity index (χ3v) is 6.51. The van der Waals surface area contributed by atoms with E-state index in [4.69, 9.17) is 4.74 Å². The van der Waals surface area contributed by atoms with Crippen LogP contribution in [0.1, 0.15) is 51.3 Å². The van der Waals surface area contributed by atoms with Crippen LogP contribution in [0.5, 0.6) is 0 Å². The van der Waals surface area contributed by atoms with Crippen LogP contribution in [0.25, 0.3) is 0 Å². The molecule has 4 heterocycles. The molecule has 0 radical (unpaired) electrons. The van der Waals surface area contributed by atoms with Gasteiger partial charge in [0.15, 0.2) is 0 Å². The molecule has 7 heteroatoms. The number of aromatic nitrogens is 3. The van der Waals surface area contributed by atoms with Crippen molar-refractivity contribution in [3.05, 3.63) is 12.2 Å². The lowest BCUT2D eigenvalue weighted by atomic mass is 9.72. The highest BCUT2D eigenvalue weighted by atomic mass is 16.5. The quantitative estimate of drug-likeness (QED) is 0.798. The number of nitrogens with zero attached hydrogens (tertiary/aromatic N) is 5.